The zero-order chi connectivity index (χ0) is 22.3. The van der Waals surface area contributed by atoms with Crippen LogP contribution in [-0.4, -0.2) is 17.5 Å². The van der Waals surface area contributed by atoms with E-state index in [2.05, 4.69) is 0 Å². The Balaban J connectivity index is 1.70. The molecule has 158 valence electrons. The molecular weight excluding hydrogens is 425 g/mol. The molecule has 1 amide bonds. The van der Waals surface area contributed by atoms with E-state index in [0.717, 1.165) is 23.0 Å². The Labute approximate surface area is 182 Å². The van der Waals surface area contributed by atoms with E-state index in [1.54, 1.807) is 37.5 Å². The SMILES string of the molecule is CN(C(=O)c1ccccc1-c1ccc(C(F)(F)F)cc1)c1ccc2c(c1)c(Cl)cn2C. The van der Waals surface area contributed by atoms with Gasteiger partial charge >= 0.3 is 6.18 Å². The predicted molar refractivity (Wildman–Crippen MR) is 118 cm³/mol. The second-order valence-corrected chi connectivity index (χ2v) is 7.68. The fourth-order valence-electron chi connectivity index (χ4n) is 3.60. The van der Waals surface area contributed by atoms with Gasteiger partial charge in [-0.15, -0.1) is 0 Å². The van der Waals surface area contributed by atoms with Gasteiger partial charge in [-0.1, -0.05) is 41.9 Å². The third kappa shape index (κ3) is 3.91. The maximum atomic E-state index is 13.3. The Morgan fingerprint density at radius 3 is 2.35 bits per heavy atom. The van der Waals surface area contributed by atoms with Crippen molar-refractivity contribution >= 4 is 34.1 Å². The Morgan fingerprint density at radius 1 is 1.00 bits per heavy atom. The molecule has 4 rings (SSSR count). The summed E-state index contributed by atoms with van der Waals surface area (Å²) in [7, 11) is 3.55. The highest BCUT2D eigenvalue weighted by atomic mass is 35.5. The highest BCUT2D eigenvalue weighted by Gasteiger charge is 2.30. The van der Waals surface area contributed by atoms with E-state index in [1.807, 2.05) is 29.8 Å². The van der Waals surface area contributed by atoms with Gasteiger partial charge in [0.15, 0.2) is 0 Å². The fourth-order valence-corrected chi connectivity index (χ4v) is 3.90. The minimum atomic E-state index is -4.41. The molecule has 3 nitrogen and oxygen atoms in total. The van der Waals surface area contributed by atoms with Gasteiger partial charge in [-0.3, -0.25) is 4.79 Å². The maximum Gasteiger partial charge on any atom is 0.416 e. The largest absolute Gasteiger partial charge is 0.416 e. The Hall–Kier alpha value is -3.25. The first-order chi connectivity index (χ1) is 14.7. The molecule has 0 atom stereocenters. The number of alkyl halides is 3. The molecule has 0 aliphatic heterocycles. The van der Waals surface area contributed by atoms with Crippen LogP contribution in [0.25, 0.3) is 22.0 Å². The van der Waals surface area contributed by atoms with Crippen molar-refractivity contribution in [2.45, 2.75) is 6.18 Å². The summed E-state index contributed by atoms with van der Waals surface area (Å²) in [5, 5.41) is 1.42. The van der Waals surface area contributed by atoms with Gasteiger partial charge < -0.3 is 9.47 Å². The van der Waals surface area contributed by atoms with E-state index in [4.69, 9.17) is 11.6 Å². The number of carbonyl (C=O) groups is 1. The quantitative estimate of drug-likeness (QED) is 0.342. The van der Waals surface area contributed by atoms with Crippen LogP contribution < -0.4 is 4.90 Å². The van der Waals surface area contributed by atoms with Crippen molar-refractivity contribution in [3.63, 3.8) is 0 Å². The normalized spacial score (nSPS) is 11.7. The van der Waals surface area contributed by atoms with Gasteiger partial charge in [0, 0.05) is 42.4 Å². The summed E-state index contributed by atoms with van der Waals surface area (Å²) in [6, 6.07) is 17.2. The van der Waals surface area contributed by atoms with Crippen LogP contribution >= 0.6 is 11.6 Å². The molecule has 31 heavy (non-hydrogen) atoms. The molecule has 0 N–H and O–H groups in total. The molecule has 0 saturated carbocycles. The van der Waals surface area contributed by atoms with Crippen molar-refractivity contribution in [3.05, 3.63) is 89.1 Å². The van der Waals surface area contributed by atoms with Gasteiger partial charge in [-0.25, -0.2) is 0 Å². The summed E-state index contributed by atoms with van der Waals surface area (Å²) >= 11 is 6.30. The van der Waals surface area contributed by atoms with Crippen molar-refractivity contribution in [3.8, 4) is 11.1 Å². The monoisotopic (exact) mass is 442 g/mol. The van der Waals surface area contributed by atoms with Crippen LogP contribution in [0.5, 0.6) is 0 Å². The third-order valence-electron chi connectivity index (χ3n) is 5.30. The number of halogens is 4. The molecule has 0 fully saturated rings. The minimum absolute atomic E-state index is 0.276. The first-order valence-corrected chi connectivity index (χ1v) is 9.84. The van der Waals surface area contributed by atoms with Gasteiger partial charge in [0.25, 0.3) is 5.91 Å². The van der Waals surface area contributed by atoms with Crippen LogP contribution in [0.15, 0.2) is 72.9 Å². The lowest BCUT2D eigenvalue weighted by Crippen LogP contribution is -2.26. The van der Waals surface area contributed by atoms with E-state index in [0.29, 0.717) is 27.4 Å². The van der Waals surface area contributed by atoms with Gasteiger partial charge in [-0.2, -0.15) is 13.2 Å². The summed E-state index contributed by atoms with van der Waals surface area (Å²) < 4.78 is 40.6. The molecule has 3 aromatic carbocycles. The van der Waals surface area contributed by atoms with Crippen LogP contribution in [0.3, 0.4) is 0 Å². The molecule has 0 aliphatic carbocycles. The van der Waals surface area contributed by atoms with Crippen molar-refractivity contribution in [2.24, 2.45) is 7.05 Å². The lowest BCUT2D eigenvalue weighted by Gasteiger charge is -2.20. The van der Waals surface area contributed by atoms with E-state index in [9.17, 15) is 18.0 Å². The number of anilines is 1. The van der Waals surface area contributed by atoms with E-state index < -0.39 is 11.7 Å². The number of hydrogen-bond acceptors (Lipinski definition) is 1. The number of fused-ring (bicyclic) bond motifs is 1. The summed E-state index contributed by atoms with van der Waals surface area (Å²) in [6.45, 7) is 0. The Bertz CT molecular complexity index is 1280. The topological polar surface area (TPSA) is 25.2 Å². The number of carbonyl (C=O) groups excluding carboxylic acids is 1. The molecule has 0 saturated heterocycles. The first kappa shape index (κ1) is 21.0. The minimum Gasteiger partial charge on any atom is -0.349 e. The standard InChI is InChI=1S/C24H18ClF3N2O/c1-29-14-21(25)20-13-17(11-12-22(20)29)30(2)23(31)19-6-4-3-5-18(19)15-7-9-16(10-8-15)24(26,27)28/h3-14H,1-2H3. The van der Waals surface area contributed by atoms with Crippen LogP contribution in [-0.2, 0) is 13.2 Å². The number of hydrogen-bond donors (Lipinski definition) is 0. The van der Waals surface area contributed by atoms with Gasteiger partial charge in [0.05, 0.1) is 10.6 Å². The number of benzene rings is 3. The average Bonchev–Trinajstić information content (AvgIpc) is 3.05. The summed E-state index contributed by atoms with van der Waals surface area (Å²) in [4.78, 5) is 14.8. The molecular formula is C24H18ClF3N2O. The predicted octanol–water partition coefficient (Wildman–Crippen LogP) is 6.79. The van der Waals surface area contributed by atoms with Gasteiger partial charge in [-0.05, 0) is 47.5 Å². The first-order valence-electron chi connectivity index (χ1n) is 9.46. The molecule has 0 unspecified atom stereocenters. The molecule has 7 heteroatoms. The van der Waals surface area contributed by atoms with Gasteiger partial charge in [0.2, 0.25) is 0 Å². The zero-order valence-corrected chi connectivity index (χ0v) is 17.5. The highest BCUT2D eigenvalue weighted by molar-refractivity contribution is 6.35. The number of rotatable bonds is 3. The van der Waals surface area contributed by atoms with Crippen molar-refractivity contribution in [2.75, 3.05) is 11.9 Å². The van der Waals surface area contributed by atoms with Crippen LogP contribution in [0, 0.1) is 0 Å². The average molecular weight is 443 g/mol. The lowest BCUT2D eigenvalue weighted by molar-refractivity contribution is -0.137. The van der Waals surface area contributed by atoms with Gasteiger partial charge in [0.1, 0.15) is 0 Å². The fraction of sp³-hybridized carbons (Fsp3) is 0.125. The van der Waals surface area contributed by atoms with Crippen LogP contribution in [0.2, 0.25) is 5.02 Å². The third-order valence-corrected chi connectivity index (χ3v) is 5.60. The maximum absolute atomic E-state index is 13.3. The van der Waals surface area contributed by atoms with Crippen LogP contribution in [0.4, 0.5) is 18.9 Å². The molecule has 0 spiro atoms. The number of aromatic nitrogens is 1. The van der Waals surface area contributed by atoms with E-state index in [-0.39, 0.29) is 5.91 Å². The number of aryl methyl sites for hydroxylation is 1. The Kier molecular flexibility index (Phi) is 5.27. The smallest absolute Gasteiger partial charge is 0.349 e. The van der Waals surface area contributed by atoms with E-state index >= 15 is 0 Å². The molecule has 0 aliphatic rings. The second kappa shape index (κ2) is 7.78. The number of amides is 1. The molecule has 1 heterocycles. The number of nitrogens with zero attached hydrogens (tertiary/aromatic N) is 2. The highest BCUT2D eigenvalue weighted by Crippen LogP contribution is 2.33. The van der Waals surface area contributed by atoms with E-state index in [1.165, 1.54) is 17.0 Å². The summed E-state index contributed by atoms with van der Waals surface area (Å²) in [5.74, 6) is -0.276. The molecule has 0 radical (unpaired) electrons. The Morgan fingerprint density at radius 2 is 1.68 bits per heavy atom. The molecule has 4 aromatic rings. The zero-order valence-electron chi connectivity index (χ0n) is 16.7. The second-order valence-electron chi connectivity index (χ2n) is 7.27. The van der Waals surface area contributed by atoms with Crippen LogP contribution in [0.1, 0.15) is 15.9 Å². The lowest BCUT2D eigenvalue weighted by atomic mass is 9.97. The van der Waals surface area contributed by atoms with Crippen molar-refractivity contribution in [1.29, 1.82) is 0 Å². The molecule has 0 bridgehead atoms. The summed E-state index contributed by atoms with van der Waals surface area (Å²) in [6.07, 6.45) is -2.61. The summed E-state index contributed by atoms with van der Waals surface area (Å²) in [5.41, 5.74) is 2.36. The molecule has 1 aromatic heterocycles. The van der Waals surface area contributed by atoms with Crippen molar-refractivity contribution in [1.82, 2.24) is 4.57 Å². The van der Waals surface area contributed by atoms with Crippen molar-refractivity contribution < 1.29 is 18.0 Å².